The van der Waals surface area contributed by atoms with E-state index < -0.39 is 48.1 Å². The van der Waals surface area contributed by atoms with Crippen molar-refractivity contribution in [1.82, 2.24) is 5.32 Å². The summed E-state index contributed by atoms with van der Waals surface area (Å²) in [4.78, 5) is 21.7. The van der Waals surface area contributed by atoms with Crippen LogP contribution < -0.4 is 10.1 Å². The second-order valence-corrected chi connectivity index (χ2v) is 5.28. The number of nitro groups is 1. The van der Waals surface area contributed by atoms with Crippen LogP contribution in [0, 0.1) is 10.1 Å². The molecule has 1 aliphatic rings. The largest absolute Gasteiger partial charge is 0.455 e. The summed E-state index contributed by atoms with van der Waals surface area (Å²) in [6, 6.07) is 4.33. The number of ether oxygens (including phenoxy) is 2. The lowest BCUT2D eigenvalue weighted by molar-refractivity contribution is -0.386. The van der Waals surface area contributed by atoms with Crippen molar-refractivity contribution in [3.63, 3.8) is 0 Å². The van der Waals surface area contributed by atoms with Crippen LogP contribution in [0.3, 0.4) is 0 Å². The van der Waals surface area contributed by atoms with Gasteiger partial charge < -0.3 is 30.1 Å². The van der Waals surface area contributed by atoms with Gasteiger partial charge in [-0.25, -0.2) is 0 Å². The number of benzene rings is 1. The van der Waals surface area contributed by atoms with Gasteiger partial charge in [-0.15, -0.1) is 0 Å². The second-order valence-electron chi connectivity index (χ2n) is 5.28. The predicted octanol–water partition coefficient (Wildman–Crippen LogP) is -1.08. The average molecular weight is 342 g/mol. The van der Waals surface area contributed by atoms with Crippen LogP contribution in [0.5, 0.6) is 5.75 Å². The lowest BCUT2D eigenvalue weighted by atomic mass is 9.97. The molecule has 10 heteroatoms. The van der Waals surface area contributed by atoms with E-state index in [1.807, 2.05) is 0 Å². The van der Waals surface area contributed by atoms with Crippen LogP contribution in [0.15, 0.2) is 24.3 Å². The Balaban J connectivity index is 2.30. The van der Waals surface area contributed by atoms with E-state index in [4.69, 9.17) is 9.47 Å². The molecule has 0 saturated carbocycles. The van der Waals surface area contributed by atoms with Gasteiger partial charge in [-0.05, 0) is 6.07 Å². The molecule has 4 N–H and O–H groups in total. The third-order valence-electron chi connectivity index (χ3n) is 3.56. The molecule has 2 rings (SSSR count). The van der Waals surface area contributed by atoms with Gasteiger partial charge in [0.2, 0.25) is 12.2 Å². The van der Waals surface area contributed by atoms with Crippen molar-refractivity contribution < 1.29 is 34.5 Å². The summed E-state index contributed by atoms with van der Waals surface area (Å²) in [5.41, 5.74) is -0.330. The van der Waals surface area contributed by atoms with E-state index in [1.165, 1.54) is 31.2 Å². The molecular weight excluding hydrogens is 324 g/mol. The monoisotopic (exact) mass is 342 g/mol. The zero-order valence-corrected chi connectivity index (χ0v) is 12.7. The number of nitrogens with zero attached hydrogens (tertiary/aromatic N) is 1. The highest BCUT2D eigenvalue weighted by Gasteiger charge is 2.46. The molecule has 1 aromatic rings. The fourth-order valence-corrected chi connectivity index (χ4v) is 2.40. The molecule has 0 radical (unpaired) electrons. The van der Waals surface area contributed by atoms with Gasteiger partial charge >= 0.3 is 5.69 Å². The first-order chi connectivity index (χ1) is 11.3. The number of carbonyl (C=O) groups excluding carboxylic acids is 1. The van der Waals surface area contributed by atoms with Crippen molar-refractivity contribution in [2.45, 2.75) is 37.6 Å². The fraction of sp³-hybridized carbons (Fsp3) is 0.500. The molecule has 1 aliphatic heterocycles. The third-order valence-corrected chi connectivity index (χ3v) is 3.56. The molecule has 5 atom stereocenters. The molecule has 0 unspecified atom stereocenters. The van der Waals surface area contributed by atoms with Gasteiger partial charge in [-0.2, -0.15) is 0 Å². The molecule has 0 bridgehead atoms. The second kappa shape index (κ2) is 7.53. The smallest absolute Gasteiger partial charge is 0.311 e. The Morgan fingerprint density at radius 2 is 2.04 bits per heavy atom. The van der Waals surface area contributed by atoms with Gasteiger partial charge in [0.15, 0.2) is 5.75 Å². The van der Waals surface area contributed by atoms with E-state index in [1.54, 1.807) is 0 Å². The minimum atomic E-state index is -1.49. The lowest BCUT2D eigenvalue weighted by Crippen LogP contribution is -2.65. The molecule has 10 nitrogen and oxygen atoms in total. The summed E-state index contributed by atoms with van der Waals surface area (Å²) in [5.74, 6) is -0.656. The Morgan fingerprint density at radius 1 is 1.38 bits per heavy atom. The maximum absolute atomic E-state index is 11.3. The first-order valence-corrected chi connectivity index (χ1v) is 7.14. The summed E-state index contributed by atoms with van der Waals surface area (Å²) in [7, 11) is 0. The summed E-state index contributed by atoms with van der Waals surface area (Å²) in [6.45, 7) is 0.584. The normalized spacial score (nSPS) is 29.8. The Hall–Kier alpha value is -2.27. The fourth-order valence-electron chi connectivity index (χ4n) is 2.40. The van der Waals surface area contributed by atoms with Gasteiger partial charge in [0.25, 0.3) is 0 Å². The number of hydrogen-bond acceptors (Lipinski definition) is 8. The van der Waals surface area contributed by atoms with Gasteiger partial charge in [0.05, 0.1) is 11.5 Å². The molecule has 0 spiro atoms. The Kier molecular flexibility index (Phi) is 5.67. The number of nitro benzene ring substituents is 1. The number of para-hydroxylation sites is 2. The van der Waals surface area contributed by atoms with Crippen LogP contribution in [-0.2, 0) is 9.53 Å². The predicted molar refractivity (Wildman–Crippen MR) is 79.1 cm³/mol. The van der Waals surface area contributed by atoms with E-state index in [-0.39, 0.29) is 11.4 Å². The van der Waals surface area contributed by atoms with Crippen molar-refractivity contribution in [3.05, 3.63) is 34.4 Å². The number of hydrogen-bond donors (Lipinski definition) is 4. The van der Waals surface area contributed by atoms with Crippen LogP contribution in [-0.4, -0.2) is 63.4 Å². The Labute approximate surface area is 136 Å². The minimum absolute atomic E-state index is 0.136. The van der Waals surface area contributed by atoms with Crippen molar-refractivity contribution in [2.75, 3.05) is 6.61 Å². The zero-order chi connectivity index (χ0) is 17.9. The first kappa shape index (κ1) is 18.1. The quantitative estimate of drug-likeness (QED) is 0.389. The van der Waals surface area contributed by atoms with Crippen LogP contribution in [0.1, 0.15) is 6.92 Å². The Bertz CT molecular complexity index is 610. The van der Waals surface area contributed by atoms with E-state index >= 15 is 0 Å². The molecule has 1 amide bonds. The number of nitrogens with one attached hydrogen (secondary N) is 1. The minimum Gasteiger partial charge on any atom is -0.455 e. The number of rotatable bonds is 5. The maximum Gasteiger partial charge on any atom is 0.311 e. The average Bonchev–Trinajstić information content (AvgIpc) is 2.54. The number of aliphatic hydroxyl groups excluding tert-OH is 3. The van der Waals surface area contributed by atoms with Gasteiger partial charge in [-0.1, -0.05) is 12.1 Å². The summed E-state index contributed by atoms with van der Waals surface area (Å²) in [6.07, 6.45) is -5.46. The van der Waals surface area contributed by atoms with Gasteiger partial charge in [0.1, 0.15) is 24.4 Å². The van der Waals surface area contributed by atoms with Crippen LogP contribution in [0.4, 0.5) is 5.69 Å². The van der Waals surface area contributed by atoms with Crippen LogP contribution >= 0.6 is 0 Å². The van der Waals surface area contributed by atoms with Crippen LogP contribution in [0.25, 0.3) is 0 Å². The van der Waals surface area contributed by atoms with Gasteiger partial charge in [-0.3, -0.25) is 14.9 Å². The number of amides is 1. The lowest BCUT2D eigenvalue weighted by Gasteiger charge is -2.41. The third kappa shape index (κ3) is 3.79. The highest BCUT2D eigenvalue weighted by Crippen LogP contribution is 2.30. The molecular formula is C14H18N2O8. The topological polar surface area (TPSA) is 151 Å². The number of carbonyl (C=O) groups is 1. The van der Waals surface area contributed by atoms with Crippen LogP contribution in [0.2, 0.25) is 0 Å². The standard InChI is InChI=1S/C14H18N2O8/c1-7(18)15-11-13(20)12(19)10(6-17)24-14(11)23-9-5-3-2-4-8(9)16(21)22/h2-5,10-14,17,19-20H,6H2,1H3,(H,15,18)/t10-,11-,12-,13+,14+/m1/s1. The van der Waals surface area contributed by atoms with E-state index in [0.29, 0.717) is 0 Å². The molecule has 0 aliphatic carbocycles. The summed E-state index contributed by atoms with van der Waals surface area (Å²) < 4.78 is 10.8. The highest BCUT2D eigenvalue weighted by atomic mass is 16.7. The van der Waals surface area contributed by atoms with Gasteiger partial charge in [0, 0.05) is 13.0 Å². The maximum atomic E-state index is 11.3. The van der Waals surface area contributed by atoms with E-state index in [2.05, 4.69) is 5.32 Å². The molecule has 1 fully saturated rings. The molecule has 1 aromatic carbocycles. The Morgan fingerprint density at radius 3 is 2.62 bits per heavy atom. The molecule has 0 aromatic heterocycles. The summed E-state index contributed by atoms with van der Waals surface area (Å²) in [5, 5.41) is 42.7. The molecule has 1 saturated heterocycles. The summed E-state index contributed by atoms with van der Waals surface area (Å²) >= 11 is 0. The molecule has 1 heterocycles. The van der Waals surface area contributed by atoms with Crippen molar-refractivity contribution in [1.29, 1.82) is 0 Å². The van der Waals surface area contributed by atoms with E-state index in [9.17, 15) is 30.2 Å². The highest BCUT2D eigenvalue weighted by molar-refractivity contribution is 5.73. The zero-order valence-electron chi connectivity index (χ0n) is 12.7. The van der Waals surface area contributed by atoms with Crippen molar-refractivity contribution >= 4 is 11.6 Å². The molecule has 132 valence electrons. The SMILES string of the molecule is CC(=O)N[C@H]1[C@@H](Oc2ccccc2[N+](=O)[O-])O[C@H](CO)[C@@H](O)[C@H]1O. The van der Waals surface area contributed by atoms with Crippen molar-refractivity contribution in [3.8, 4) is 5.75 Å². The first-order valence-electron chi connectivity index (χ1n) is 7.14. The number of aliphatic hydroxyl groups is 3. The van der Waals surface area contributed by atoms with Crippen molar-refractivity contribution in [2.24, 2.45) is 0 Å². The molecule has 24 heavy (non-hydrogen) atoms. The van der Waals surface area contributed by atoms with E-state index in [0.717, 1.165) is 0 Å².